The van der Waals surface area contributed by atoms with Gasteiger partial charge in [-0.15, -0.1) is 11.3 Å². The third-order valence-electron chi connectivity index (χ3n) is 5.97. The summed E-state index contributed by atoms with van der Waals surface area (Å²) in [6.07, 6.45) is 6.36. The van der Waals surface area contributed by atoms with Crippen molar-refractivity contribution in [3.63, 3.8) is 0 Å². The lowest BCUT2D eigenvalue weighted by atomic mass is 10.1. The quantitative estimate of drug-likeness (QED) is 0.350. The molecule has 0 spiro atoms. The molecule has 1 aromatic carbocycles. The van der Waals surface area contributed by atoms with Crippen LogP contribution < -0.4 is 16.4 Å². The number of aromatic nitrogens is 2. The molecule has 5 rings (SSSR count). The molecule has 3 aromatic heterocycles. The van der Waals surface area contributed by atoms with E-state index < -0.39 is 0 Å². The zero-order valence-corrected chi connectivity index (χ0v) is 20.1. The number of nitrogens with two attached hydrogens (primary N) is 1. The maximum atomic E-state index is 12.8. The lowest BCUT2D eigenvalue weighted by molar-refractivity contribution is 0.0955. The molecule has 1 aliphatic heterocycles. The Balaban J connectivity index is 1.17. The van der Waals surface area contributed by atoms with Crippen molar-refractivity contribution in [1.82, 2.24) is 20.2 Å². The standard InChI is InChI=1S/C25H25ClN6OS/c26-21-11-22(25(33)30-12-16-3-4-20-17(10-16)5-8-29-24(20)27)34-23(21)15-32-9-6-19(14-32)31-18-2-1-7-28-13-18/h1-5,7-8,10-11,13,19,31H,6,9,12,14-15H2,(H2,27,29)(H,30,33). The van der Waals surface area contributed by atoms with Crippen LogP contribution in [0.1, 0.15) is 26.5 Å². The average Bonchev–Trinajstić information content (AvgIpc) is 3.44. The van der Waals surface area contributed by atoms with Crippen molar-refractivity contribution in [2.24, 2.45) is 0 Å². The van der Waals surface area contributed by atoms with E-state index in [1.165, 1.54) is 11.3 Å². The molecule has 1 amide bonds. The summed E-state index contributed by atoms with van der Waals surface area (Å²) < 4.78 is 0. The lowest BCUT2D eigenvalue weighted by Gasteiger charge is -2.16. The maximum absolute atomic E-state index is 12.8. The van der Waals surface area contributed by atoms with Gasteiger partial charge in [0.2, 0.25) is 0 Å². The van der Waals surface area contributed by atoms with Crippen LogP contribution in [0.3, 0.4) is 0 Å². The fourth-order valence-corrected chi connectivity index (χ4v) is 5.60. The average molecular weight is 493 g/mol. The molecular weight excluding hydrogens is 468 g/mol. The normalized spacial score (nSPS) is 16.1. The summed E-state index contributed by atoms with van der Waals surface area (Å²) in [5.74, 6) is 0.385. The number of hydrogen-bond donors (Lipinski definition) is 3. The number of carbonyl (C=O) groups is 1. The number of pyridine rings is 2. The minimum absolute atomic E-state index is 0.120. The summed E-state index contributed by atoms with van der Waals surface area (Å²) in [5.41, 5.74) is 7.95. The van der Waals surface area contributed by atoms with Crippen LogP contribution in [0.4, 0.5) is 11.5 Å². The predicted molar refractivity (Wildman–Crippen MR) is 138 cm³/mol. The highest BCUT2D eigenvalue weighted by molar-refractivity contribution is 7.14. The number of amides is 1. The molecule has 4 heterocycles. The molecule has 1 unspecified atom stereocenters. The Hall–Kier alpha value is -3.20. The fourth-order valence-electron chi connectivity index (χ4n) is 4.24. The van der Waals surface area contributed by atoms with Gasteiger partial charge in [0.1, 0.15) is 5.82 Å². The van der Waals surface area contributed by atoms with Gasteiger partial charge in [0.25, 0.3) is 5.91 Å². The minimum Gasteiger partial charge on any atom is -0.383 e. The Morgan fingerprint density at radius 3 is 3.00 bits per heavy atom. The van der Waals surface area contributed by atoms with Crippen LogP contribution in [0.25, 0.3) is 10.8 Å². The van der Waals surface area contributed by atoms with E-state index in [-0.39, 0.29) is 5.91 Å². The maximum Gasteiger partial charge on any atom is 0.261 e. The van der Waals surface area contributed by atoms with Crippen molar-refractivity contribution < 1.29 is 4.79 Å². The van der Waals surface area contributed by atoms with Crippen LogP contribution in [0.2, 0.25) is 5.02 Å². The van der Waals surface area contributed by atoms with Crippen LogP contribution in [0.15, 0.2) is 61.1 Å². The molecule has 0 radical (unpaired) electrons. The molecule has 0 bridgehead atoms. The first-order valence-electron chi connectivity index (χ1n) is 11.1. The van der Waals surface area contributed by atoms with E-state index in [1.807, 2.05) is 42.6 Å². The van der Waals surface area contributed by atoms with E-state index in [4.69, 9.17) is 17.3 Å². The molecule has 1 fully saturated rings. The SMILES string of the molecule is Nc1nccc2cc(CNC(=O)c3cc(Cl)c(CN4CCC(Nc5cccnc5)C4)s3)ccc12. The Morgan fingerprint density at radius 2 is 2.15 bits per heavy atom. The van der Waals surface area contributed by atoms with Crippen molar-refractivity contribution >= 4 is 51.1 Å². The first-order valence-corrected chi connectivity index (χ1v) is 12.3. The van der Waals surface area contributed by atoms with Gasteiger partial charge in [-0.3, -0.25) is 14.7 Å². The van der Waals surface area contributed by atoms with Crippen LogP contribution in [-0.2, 0) is 13.1 Å². The van der Waals surface area contributed by atoms with E-state index in [2.05, 4.69) is 25.5 Å². The van der Waals surface area contributed by atoms with E-state index in [0.29, 0.717) is 28.3 Å². The number of thiophene rings is 1. The summed E-state index contributed by atoms with van der Waals surface area (Å²) >= 11 is 7.95. The number of fused-ring (bicyclic) bond motifs is 1. The number of nitrogens with one attached hydrogen (secondary N) is 2. The number of benzene rings is 1. The molecule has 1 aliphatic rings. The molecule has 4 aromatic rings. The predicted octanol–water partition coefficient (Wildman–Crippen LogP) is 4.54. The second kappa shape index (κ2) is 9.97. The van der Waals surface area contributed by atoms with E-state index in [9.17, 15) is 4.79 Å². The molecular formula is C25H25ClN6OS. The molecule has 9 heteroatoms. The highest BCUT2D eigenvalue weighted by Gasteiger charge is 2.24. The van der Waals surface area contributed by atoms with Crippen LogP contribution in [-0.4, -0.2) is 39.9 Å². The van der Waals surface area contributed by atoms with Gasteiger partial charge in [0.05, 0.1) is 15.6 Å². The van der Waals surface area contributed by atoms with Gasteiger partial charge in [-0.1, -0.05) is 23.7 Å². The second-order valence-electron chi connectivity index (χ2n) is 8.42. The minimum atomic E-state index is -0.120. The van der Waals surface area contributed by atoms with Crippen LogP contribution in [0.5, 0.6) is 0 Å². The summed E-state index contributed by atoms with van der Waals surface area (Å²) in [7, 11) is 0. The van der Waals surface area contributed by atoms with E-state index >= 15 is 0 Å². The number of anilines is 2. The fraction of sp³-hybridized carbons (Fsp3) is 0.240. The molecule has 4 N–H and O–H groups in total. The van der Waals surface area contributed by atoms with Gasteiger partial charge in [-0.05, 0) is 47.7 Å². The van der Waals surface area contributed by atoms with Crippen LogP contribution in [0, 0.1) is 0 Å². The monoisotopic (exact) mass is 492 g/mol. The summed E-state index contributed by atoms with van der Waals surface area (Å²) in [6, 6.07) is 13.9. The zero-order chi connectivity index (χ0) is 23.5. The van der Waals surface area contributed by atoms with Crippen molar-refractivity contribution in [1.29, 1.82) is 0 Å². The third kappa shape index (κ3) is 5.14. The lowest BCUT2D eigenvalue weighted by Crippen LogP contribution is -2.25. The third-order valence-corrected chi connectivity index (χ3v) is 7.53. The Bertz CT molecular complexity index is 1310. The molecule has 1 saturated heterocycles. The number of nitrogens with zero attached hydrogens (tertiary/aromatic N) is 3. The highest BCUT2D eigenvalue weighted by atomic mass is 35.5. The van der Waals surface area contributed by atoms with Gasteiger partial charge < -0.3 is 16.4 Å². The van der Waals surface area contributed by atoms with Crippen LogP contribution >= 0.6 is 22.9 Å². The van der Waals surface area contributed by atoms with E-state index in [1.54, 1.807) is 18.5 Å². The molecule has 1 atom stereocenters. The number of nitrogen functional groups attached to an aromatic ring is 1. The van der Waals surface area contributed by atoms with Gasteiger partial charge in [-0.2, -0.15) is 0 Å². The Labute approximate surface area is 207 Å². The van der Waals surface area contributed by atoms with Gasteiger partial charge in [0, 0.05) is 61.1 Å². The summed E-state index contributed by atoms with van der Waals surface area (Å²) in [6.45, 7) is 3.07. The summed E-state index contributed by atoms with van der Waals surface area (Å²) in [5, 5.41) is 9.09. The molecule has 174 valence electrons. The zero-order valence-electron chi connectivity index (χ0n) is 18.5. The number of likely N-dealkylation sites (tertiary alicyclic amines) is 1. The number of halogens is 1. The Morgan fingerprint density at radius 1 is 1.24 bits per heavy atom. The highest BCUT2D eigenvalue weighted by Crippen LogP contribution is 2.30. The second-order valence-corrected chi connectivity index (χ2v) is 9.97. The van der Waals surface area contributed by atoms with Crippen molar-refractivity contribution in [3.8, 4) is 0 Å². The number of carbonyl (C=O) groups excluding carboxylic acids is 1. The first kappa shape index (κ1) is 22.6. The number of hydrogen-bond acceptors (Lipinski definition) is 7. The van der Waals surface area contributed by atoms with E-state index in [0.717, 1.165) is 53.0 Å². The Kier molecular flexibility index (Phi) is 6.62. The smallest absolute Gasteiger partial charge is 0.261 e. The molecule has 7 nitrogen and oxygen atoms in total. The summed E-state index contributed by atoms with van der Waals surface area (Å²) in [4.78, 5) is 25.0. The van der Waals surface area contributed by atoms with Gasteiger partial charge >= 0.3 is 0 Å². The molecule has 0 saturated carbocycles. The first-order chi connectivity index (χ1) is 16.5. The molecule has 34 heavy (non-hydrogen) atoms. The van der Waals surface area contributed by atoms with Gasteiger partial charge in [0.15, 0.2) is 0 Å². The van der Waals surface area contributed by atoms with Crippen molar-refractivity contribution in [2.45, 2.75) is 25.6 Å². The van der Waals surface area contributed by atoms with Gasteiger partial charge in [-0.25, -0.2) is 4.98 Å². The largest absolute Gasteiger partial charge is 0.383 e. The topological polar surface area (TPSA) is 96.2 Å². The number of rotatable bonds is 7. The van der Waals surface area contributed by atoms with Crippen molar-refractivity contribution in [2.75, 3.05) is 24.1 Å². The van der Waals surface area contributed by atoms with Crippen molar-refractivity contribution in [3.05, 3.63) is 81.4 Å². The molecule has 0 aliphatic carbocycles.